The minimum atomic E-state index is -0.202. The van der Waals surface area contributed by atoms with Gasteiger partial charge in [0.1, 0.15) is 5.82 Å². The van der Waals surface area contributed by atoms with Crippen LogP contribution in [0.5, 0.6) is 0 Å². The number of piperazine rings is 1. The zero-order valence-corrected chi connectivity index (χ0v) is 17.1. The lowest BCUT2D eigenvalue weighted by atomic mass is 10.2. The summed E-state index contributed by atoms with van der Waals surface area (Å²) >= 11 is 1.46. The Morgan fingerprint density at radius 3 is 2.57 bits per heavy atom. The number of nitrogens with zero attached hydrogens (tertiary/aromatic N) is 4. The second-order valence-corrected chi connectivity index (χ2v) is 7.54. The van der Waals surface area contributed by atoms with Crippen molar-refractivity contribution < 1.29 is 9.18 Å². The van der Waals surface area contributed by atoms with Gasteiger partial charge in [0.2, 0.25) is 0 Å². The fourth-order valence-electron chi connectivity index (χ4n) is 3.25. The van der Waals surface area contributed by atoms with Crippen molar-refractivity contribution in [3.8, 4) is 0 Å². The second kappa shape index (κ2) is 9.84. The van der Waals surface area contributed by atoms with Crippen molar-refractivity contribution in [2.24, 2.45) is 0 Å². The molecule has 1 aliphatic heterocycles. The van der Waals surface area contributed by atoms with Crippen molar-refractivity contribution in [1.82, 2.24) is 20.2 Å². The minimum Gasteiger partial charge on any atom is -0.369 e. The van der Waals surface area contributed by atoms with Crippen LogP contribution in [0.3, 0.4) is 0 Å². The number of anilines is 1. The first-order valence-electron chi connectivity index (χ1n) is 9.45. The van der Waals surface area contributed by atoms with E-state index >= 15 is 0 Å². The van der Waals surface area contributed by atoms with Crippen molar-refractivity contribution >= 4 is 23.4 Å². The Hall–Kier alpha value is -2.19. The van der Waals surface area contributed by atoms with E-state index in [1.54, 1.807) is 6.20 Å². The molecule has 0 spiro atoms. The lowest BCUT2D eigenvalue weighted by Crippen LogP contribution is -2.47. The zero-order valence-electron chi connectivity index (χ0n) is 16.3. The number of carbonyl (C=O) groups excluding carboxylic acids is 1. The van der Waals surface area contributed by atoms with Gasteiger partial charge in [-0.15, -0.1) is 0 Å². The second-order valence-electron chi connectivity index (χ2n) is 6.77. The number of amides is 1. The average molecular weight is 404 g/mol. The van der Waals surface area contributed by atoms with E-state index in [2.05, 4.69) is 25.1 Å². The number of benzene rings is 1. The van der Waals surface area contributed by atoms with E-state index < -0.39 is 0 Å². The molecular weight excluding hydrogens is 377 g/mol. The summed E-state index contributed by atoms with van der Waals surface area (Å²) in [5.41, 5.74) is 2.30. The van der Waals surface area contributed by atoms with E-state index in [-0.39, 0.29) is 11.7 Å². The van der Waals surface area contributed by atoms with Gasteiger partial charge >= 0.3 is 0 Å². The third-order valence-corrected chi connectivity index (χ3v) is 5.45. The number of aryl methyl sites for hydroxylation is 1. The Balaban J connectivity index is 1.37. The third kappa shape index (κ3) is 5.42. The molecule has 0 aliphatic carbocycles. The van der Waals surface area contributed by atoms with Crippen LogP contribution in [-0.2, 0) is 0 Å². The number of rotatable bonds is 7. The van der Waals surface area contributed by atoms with Crippen LogP contribution >= 0.6 is 11.8 Å². The van der Waals surface area contributed by atoms with Gasteiger partial charge in [-0.05, 0) is 50.4 Å². The molecule has 0 unspecified atom stereocenters. The van der Waals surface area contributed by atoms with Crippen LogP contribution in [0, 0.1) is 12.7 Å². The number of aromatic nitrogens is 2. The van der Waals surface area contributed by atoms with Gasteiger partial charge in [0.15, 0.2) is 5.16 Å². The Labute approximate surface area is 169 Å². The van der Waals surface area contributed by atoms with Crippen LogP contribution in [0.4, 0.5) is 10.1 Å². The number of hydrogen-bond donors (Lipinski definition) is 1. The highest BCUT2D eigenvalue weighted by atomic mass is 32.2. The van der Waals surface area contributed by atoms with Gasteiger partial charge in [-0.25, -0.2) is 14.4 Å². The molecule has 2 heterocycles. The molecule has 150 valence electrons. The van der Waals surface area contributed by atoms with E-state index in [1.807, 2.05) is 25.3 Å². The molecule has 1 aliphatic rings. The quantitative estimate of drug-likeness (QED) is 0.436. The fraction of sp³-hybridized carbons (Fsp3) is 0.450. The maximum absolute atomic E-state index is 13.0. The molecule has 2 aromatic rings. The highest BCUT2D eigenvalue weighted by Gasteiger charge is 2.17. The van der Waals surface area contributed by atoms with Gasteiger partial charge in [0.25, 0.3) is 5.91 Å². The first-order valence-corrected chi connectivity index (χ1v) is 10.7. The topological polar surface area (TPSA) is 61.4 Å². The van der Waals surface area contributed by atoms with E-state index in [0.29, 0.717) is 23.0 Å². The first-order chi connectivity index (χ1) is 13.6. The monoisotopic (exact) mass is 403 g/mol. The molecule has 1 amide bonds. The molecular formula is C20H26FN5OS. The number of halogens is 1. The van der Waals surface area contributed by atoms with Crippen molar-refractivity contribution in [2.45, 2.75) is 18.5 Å². The normalized spacial score (nSPS) is 14.9. The van der Waals surface area contributed by atoms with Crippen LogP contribution in [0.15, 0.2) is 35.6 Å². The zero-order chi connectivity index (χ0) is 19.9. The van der Waals surface area contributed by atoms with E-state index in [4.69, 9.17) is 0 Å². The summed E-state index contributed by atoms with van der Waals surface area (Å²) in [4.78, 5) is 25.5. The minimum absolute atomic E-state index is 0.119. The number of thioether (sulfide) groups is 1. The molecule has 28 heavy (non-hydrogen) atoms. The fourth-order valence-corrected chi connectivity index (χ4v) is 3.63. The number of hydrogen-bond acceptors (Lipinski definition) is 6. The highest BCUT2D eigenvalue weighted by molar-refractivity contribution is 7.98. The third-order valence-electron chi connectivity index (χ3n) is 4.89. The van der Waals surface area contributed by atoms with E-state index in [1.165, 1.54) is 23.9 Å². The van der Waals surface area contributed by atoms with Gasteiger partial charge in [0.05, 0.1) is 11.3 Å². The van der Waals surface area contributed by atoms with E-state index in [9.17, 15) is 9.18 Å². The summed E-state index contributed by atoms with van der Waals surface area (Å²) in [7, 11) is 0. The summed E-state index contributed by atoms with van der Waals surface area (Å²) < 4.78 is 13.0. The maximum atomic E-state index is 13.0. The average Bonchev–Trinajstić information content (AvgIpc) is 2.72. The summed E-state index contributed by atoms with van der Waals surface area (Å²) in [5.74, 6) is -0.322. The lowest BCUT2D eigenvalue weighted by molar-refractivity contribution is 0.0949. The predicted octanol–water partition coefficient (Wildman–Crippen LogP) is 2.59. The van der Waals surface area contributed by atoms with Crippen molar-refractivity contribution in [3.05, 3.63) is 47.5 Å². The Morgan fingerprint density at radius 2 is 1.93 bits per heavy atom. The number of nitrogens with one attached hydrogen (secondary N) is 1. The Bertz CT molecular complexity index is 794. The van der Waals surface area contributed by atoms with Gasteiger partial charge in [0, 0.05) is 44.6 Å². The van der Waals surface area contributed by atoms with Crippen LogP contribution in [0.25, 0.3) is 0 Å². The summed E-state index contributed by atoms with van der Waals surface area (Å²) in [6.07, 6.45) is 4.40. The summed E-state index contributed by atoms with van der Waals surface area (Å²) in [6, 6.07) is 6.67. The smallest absolute Gasteiger partial charge is 0.254 e. The van der Waals surface area contributed by atoms with E-state index in [0.717, 1.165) is 44.8 Å². The predicted molar refractivity (Wildman–Crippen MR) is 111 cm³/mol. The van der Waals surface area contributed by atoms with Crippen LogP contribution in [-0.4, -0.2) is 66.3 Å². The number of carbonyl (C=O) groups is 1. The molecule has 6 nitrogen and oxygen atoms in total. The molecule has 1 fully saturated rings. The molecule has 0 atom stereocenters. The molecule has 0 radical (unpaired) electrons. The molecule has 1 N–H and O–H groups in total. The van der Waals surface area contributed by atoms with Gasteiger partial charge in [-0.2, -0.15) is 0 Å². The van der Waals surface area contributed by atoms with Crippen molar-refractivity contribution in [3.63, 3.8) is 0 Å². The van der Waals surface area contributed by atoms with Crippen molar-refractivity contribution in [1.29, 1.82) is 0 Å². The molecule has 1 aromatic heterocycles. The van der Waals surface area contributed by atoms with Crippen molar-refractivity contribution in [2.75, 3.05) is 50.4 Å². The summed E-state index contributed by atoms with van der Waals surface area (Å²) in [5, 5.41) is 3.63. The molecule has 0 bridgehead atoms. The van der Waals surface area contributed by atoms with Crippen LogP contribution in [0.2, 0.25) is 0 Å². The Kier molecular flexibility index (Phi) is 7.22. The van der Waals surface area contributed by atoms with Gasteiger partial charge in [-0.1, -0.05) is 11.8 Å². The Morgan fingerprint density at radius 1 is 1.21 bits per heavy atom. The SMILES string of the molecule is CSc1ncc(C(=O)NCCCN2CCN(c3ccc(F)cc3)CC2)c(C)n1. The summed E-state index contributed by atoms with van der Waals surface area (Å²) in [6.45, 7) is 7.19. The molecule has 0 saturated carbocycles. The molecule has 3 rings (SSSR count). The maximum Gasteiger partial charge on any atom is 0.254 e. The molecule has 1 saturated heterocycles. The van der Waals surface area contributed by atoms with Crippen LogP contribution in [0.1, 0.15) is 22.5 Å². The van der Waals surface area contributed by atoms with Gasteiger partial charge in [-0.3, -0.25) is 9.69 Å². The van der Waals surface area contributed by atoms with Crippen LogP contribution < -0.4 is 10.2 Å². The molecule has 8 heteroatoms. The van der Waals surface area contributed by atoms with Gasteiger partial charge < -0.3 is 10.2 Å². The standard InChI is InChI=1S/C20H26FN5OS/c1-15-18(14-23-20(24-15)28-2)19(27)22-8-3-9-25-10-12-26(13-11-25)17-6-4-16(21)5-7-17/h4-7,14H,3,8-13H2,1-2H3,(H,22,27). The first kappa shape index (κ1) is 20.5. The largest absolute Gasteiger partial charge is 0.369 e. The molecule has 1 aromatic carbocycles. The lowest BCUT2D eigenvalue weighted by Gasteiger charge is -2.36. The highest BCUT2D eigenvalue weighted by Crippen LogP contribution is 2.17.